The Bertz CT molecular complexity index is 5150. The minimum absolute atomic E-state index is 0.0211. The molecule has 15 rings (SSSR count). The van der Waals surface area contributed by atoms with Crippen LogP contribution < -0.4 is 24.2 Å². The molecule has 109 heavy (non-hydrogen) atoms. The Morgan fingerprint density at radius 1 is 0.385 bits per heavy atom. The molecule has 0 amide bonds. The number of halogens is 3. The zero-order chi connectivity index (χ0) is 77.4. The van der Waals surface area contributed by atoms with Crippen LogP contribution in [0.15, 0.2) is 305 Å². The van der Waals surface area contributed by atoms with Gasteiger partial charge < -0.3 is 24.2 Å². The van der Waals surface area contributed by atoms with E-state index in [4.69, 9.17) is 44.3 Å². The monoisotopic (exact) mass is 1500 g/mol. The number of hydrogen-bond acceptors (Lipinski definition) is 5. The zero-order valence-corrected chi connectivity index (χ0v) is 69.2. The van der Waals surface area contributed by atoms with Gasteiger partial charge in [0, 0.05) is 102 Å². The van der Waals surface area contributed by atoms with Crippen LogP contribution in [0, 0.1) is 0 Å². The van der Waals surface area contributed by atoms with Crippen molar-refractivity contribution in [3.8, 4) is 11.5 Å². The first kappa shape index (κ1) is 77.9. The van der Waals surface area contributed by atoms with Gasteiger partial charge >= 0.3 is 0 Å². The predicted molar refractivity (Wildman–Crippen MR) is 467 cm³/mol. The van der Waals surface area contributed by atoms with Crippen molar-refractivity contribution in [1.82, 2.24) is 0 Å². The van der Waals surface area contributed by atoms with Gasteiger partial charge in [-0.3, -0.25) is 0 Å². The van der Waals surface area contributed by atoms with E-state index in [2.05, 4.69) is 308 Å². The van der Waals surface area contributed by atoms with E-state index in [-0.39, 0.29) is 32.5 Å². The molecule has 0 radical (unpaired) electrons. The smallest absolute Gasteiger partial charge is 0.119 e. The summed E-state index contributed by atoms with van der Waals surface area (Å²) in [6.45, 7) is 34.5. The molecule has 0 aromatic heterocycles. The molecular formula is C101H108Cl3N3O2. The number of allylic oxidation sites excluding steroid dienone is 22. The maximum atomic E-state index is 7.02. The van der Waals surface area contributed by atoms with Crippen LogP contribution in [0.25, 0.3) is 16.7 Å². The average Bonchev–Trinajstić information content (AvgIpc) is 1.63. The summed E-state index contributed by atoms with van der Waals surface area (Å²) >= 11 is 19.7. The first-order valence-electron chi connectivity index (χ1n) is 39.1. The van der Waals surface area contributed by atoms with E-state index in [1.165, 1.54) is 129 Å². The van der Waals surface area contributed by atoms with Crippen LogP contribution in [0.1, 0.15) is 186 Å². The van der Waals surface area contributed by atoms with E-state index in [1.54, 1.807) is 0 Å². The fraction of sp³-hybridized carbons (Fsp3) is 0.307. The lowest BCUT2D eigenvalue weighted by atomic mass is 9.80. The Balaban J connectivity index is 0.000000148. The molecule has 4 aliphatic carbocycles. The van der Waals surface area contributed by atoms with Crippen LogP contribution >= 0.6 is 34.8 Å². The Kier molecular flexibility index (Phi) is 22.6. The summed E-state index contributed by atoms with van der Waals surface area (Å²) in [5.41, 5.74) is 30.3. The lowest BCUT2D eigenvalue weighted by Crippen LogP contribution is -2.27. The first-order valence-corrected chi connectivity index (χ1v) is 40.2. The average molecular weight is 1500 g/mol. The highest BCUT2D eigenvalue weighted by Gasteiger charge is 2.43. The summed E-state index contributed by atoms with van der Waals surface area (Å²) in [6.07, 6.45) is 28.8. The Labute approximate surface area is 666 Å². The van der Waals surface area contributed by atoms with Crippen LogP contribution in [0.2, 0.25) is 10.0 Å². The van der Waals surface area contributed by atoms with Crippen LogP contribution in [-0.2, 0) is 32.5 Å². The number of para-hydroxylation sites is 4. The highest BCUT2D eigenvalue weighted by Crippen LogP contribution is 2.54. The number of anilines is 3. The molecule has 3 heterocycles. The predicted octanol–water partition coefficient (Wildman–Crippen LogP) is 27.4. The van der Waals surface area contributed by atoms with Crippen LogP contribution in [0.4, 0.5) is 17.1 Å². The lowest BCUT2D eigenvalue weighted by molar-refractivity contribution is 0.312. The summed E-state index contributed by atoms with van der Waals surface area (Å²) < 4.78 is 12.1. The third-order valence-corrected chi connectivity index (χ3v) is 25.3. The van der Waals surface area contributed by atoms with Crippen molar-refractivity contribution in [3.63, 3.8) is 0 Å². The molecule has 7 aliphatic rings. The minimum atomic E-state index is -0.129. The molecule has 0 bridgehead atoms. The van der Waals surface area contributed by atoms with Gasteiger partial charge in [0.15, 0.2) is 0 Å². The summed E-state index contributed by atoms with van der Waals surface area (Å²) in [4.78, 5) is 7.10. The van der Waals surface area contributed by atoms with E-state index >= 15 is 0 Å². The zero-order valence-electron chi connectivity index (χ0n) is 66.9. The molecule has 0 spiro atoms. The second kappa shape index (κ2) is 31.6. The van der Waals surface area contributed by atoms with Gasteiger partial charge in [0.1, 0.15) is 11.5 Å². The molecule has 0 atom stereocenters. The summed E-state index contributed by atoms with van der Waals surface area (Å²) in [5.74, 6) is 1.86. The van der Waals surface area contributed by atoms with E-state index in [9.17, 15) is 0 Å². The molecular weight excluding hydrogens is 1390 g/mol. The second-order valence-electron chi connectivity index (χ2n) is 33.3. The molecule has 0 saturated carbocycles. The van der Waals surface area contributed by atoms with Crippen molar-refractivity contribution < 1.29 is 9.47 Å². The fourth-order valence-corrected chi connectivity index (χ4v) is 19.0. The van der Waals surface area contributed by atoms with Crippen molar-refractivity contribution in [2.45, 2.75) is 168 Å². The standard InChI is InChI=1S/C42H45NO2.C33H34Cl3N.C26H29N/c1-41(2)36-24-12-11-22-34(36)35(23-16-30-44-32-18-7-5-8-19-32)37(41)26-15-28-40-42(3,4)38-25-13-14-27-39(38)43(40)29-17-31-45-33-20-9-6-10-21-33;1-20-25-14-12-23(34)18-27(25)32(2,3)26(20)15-10-21-8-7-9-22(31(21)36)11-17-30-33(4,5)28-19-24(35)13-16-29(28)37(30)6;1-18-19-12-7-8-13-21(19)25(2,3)20(18)15-11-17-24-26(4,5)22-14-9-10-16-23(22)27(24)6/h5-15,18-22,24-28H,16-17,23,29-31H2,1-4H3;10-19H,7-9H2,1-6H3;7-17H,1-6H3/b26-15+,40-28+;;. The minimum Gasteiger partial charge on any atom is -0.494 e. The Morgan fingerprint density at radius 3 is 1.46 bits per heavy atom. The summed E-state index contributed by atoms with van der Waals surface area (Å²) in [7, 11) is 4.30. The van der Waals surface area contributed by atoms with E-state index in [1.807, 2.05) is 72.8 Å². The van der Waals surface area contributed by atoms with Crippen molar-refractivity contribution in [2.75, 3.05) is 48.6 Å². The largest absolute Gasteiger partial charge is 0.494 e. The number of rotatable bonds is 17. The lowest BCUT2D eigenvalue weighted by Gasteiger charge is -2.27. The number of hydrogen-bond donors (Lipinski definition) is 0. The van der Waals surface area contributed by atoms with E-state index < -0.39 is 0 Å². The van der Waals surface area contributed by atoms with E-state index in [0.717, 1.165) is 71.6 Å². The second-order valence-corrected chi connectivity index (χ2v) is 34.6. The fourth-order valence-electron chi connectivity index (χ4n) is 18.4. The number of ether oxygens (including phenoxy) is 2. The van der Waals surface area contributed by atoms with Crippen molar-refractivity contribution >= 4 is 68.6 Å². The Morgan fingerprint density at radius 2 is 0.835 bits per heavy atom. The van der Waals surface area contributed by atoms with Gasteiger partial charge in [-0.15, -0.1) is 0 Å². The first-order chi connectivity index (χ1) is 52.1. The number of benzene rings is 8. The molecule has 3 aliphatic heterocycles. The van der Waals surface area contributed by atoms with Gasteiger partial charge in [0.05, 0.1) is 13.2 Å². The molecule has 8 aromatic carbocycles. The normalized spacial score (nSPS) is 20.0. The third kappa shape index (κ3) is 15.2. The topological polar surface area (TPSA) is 28.2 Å². The molecule has 0 fully saturated rings. The third-order valence-electron chi connectivity index (χ3n) is 24.4. The van der Waals surface area contributed by atoms with Crippen LogP contribution in [-0.4, -0.2) is 33.9 Å². The molecule has 0 saturated heterocycles. The highest BCUT2D eigenvalue weighted by atomic mass is 35.5. The molecule has 8 heteroatoms. The Hall–Kier alpha value is -9.23. The SMILES string of the molecule is CC1(C)C(/C=C/C=C2/N(CCCOc3ccccc3)c3ccccc3C2(C)C)=C(CCCOc2ccccc2)c2ccccc21.CC1=C(C=CC2=C(Cl)C(=CC=C3N(C)c4ccc(Cl)cc4C3(C)C)CCC2)C(C)(C)c2cc(Cl)ccc21.CC1=C(C=CC=C2N(C)c3ccccc3C2(C)C)C(C)(C)c2ccccc21. The van der Waals surface area contributed by atoms with E-state index in [0.29, 0.717) is 13.2 Å². The number of fused-ring (bicyclic) bond motifs is 6. The summed E-state index contributed by atoms with van der Waals surface area (Å²) in [5, 5.41) is 2.44. The van der Waals surface area contributed by atoms with Crippen LogP contribution in [0.3, 0.4) is 0 Å². The van der Waals surface area contributed by atoms with Gasteiger partial charge in [0.25, 0.3) is 0 Å². The van der Waals surface area contributed by atoms with Gasteiger partial charge in [0.2, 0.25) is 0 Å². The van der Waals surface area contributed by atoms with Crippen molar-refractivity contribution in [1.29, 1.82) is 0 Å². The van der Waals surface area contributed by atoms with Crippen molar-refractivity contribution in [2.24, 2.45) is 0 Å². The van der Waals surface area contributed by atoms with Gasteiger partial charge in [-0.2, -0.15) is 0 Å². The molecule has 5 nitrogen and oxygen atoms in total. The van der Waals surface area contributed by atoms with Gasteiger partial charge in [-0.1, -0.05) is 288 Å². The van der Waals surface area contributed by atoms with Gasteiger partial charge in [-0.05, 0) is 232 Å². The van der Waals surface area contributed by atoms with Crippen LogP contribution in [0.5, 0.6) is 11.5 Å². The van der Waals surface area contributed by atoms with Crippen molar-refractivity contribution in [3.05, 3.63) is 365 Å². The maximum absolute atomic E-state index is 7.02. The molecule has 0 unspecified atom stereocenters. The maximum Gasteiger partial charge on any atom is 0.119 e. The molecule has 8 aromatic rings. The quantitative estimate of drug-likeness (QED) is 0.0848. The van der Waals surface area contributed by atoms with Gasteiger partial charge in [-0.25, -0.2) is 0 Å². The molecule has 0 N–H and O–H groups in total. The highest BCUT2D eigenvalue weighted by molar-refractivity contribution is 6.33. The molecule has 560 valence electrons. The number of likely N-dealkylation sites (N-methyl/N-ethyl adjacent to an activating group) is 2. The number of nitrogens with zero attached hydrogens (tertiary/aromatic N) is 3. The summed E-state index contributed by atoms with van der Waals surface area (Å²) in [6, 6.07) is 67.9.